The maximum absolute atomic E-state index is 10.1. The minimum absolute atomic E-state index is 0.206. The molecule has 6 rings (SSSR count). The van der Waals surface area contributed by atoms with Gasteiger partial charge in [0.15, 0.2) is 11.5 Å². The molecule has 1 fully saturated rings. The van der Waals surface area contributed by atoms with Crippen LogP contribution in [0.2, 0.25) is 0 Å². The first-order valence-electron chi connectivity index (χ1n) is 12.7. The number of imidazole rings is 1. The third kappa shape index (κ3) is 4.64. The summed E-state index contributed by atoms with van der Waals surface area (Å²) < 4.78 is 7.79. The van der Waals surface area contributed by atoms with Gasteiger partial charge in [0.05, 0.1) is 25.2 Å². The van der Waals surface area contributed by atoms with Crippen LogP contribution in [-0.4, -0.2) is 55.8 Å². The number of likely N-dealkylation sites (tertiary alicyclic amines) is 1. The molecule has 2 aromatic carbocycles. The number of aromatic nitrogens is 4. The van der Waals surface area contributed by atoms with E-state index in [0.717, 1.165) is 66.9 Å². The SMILES string of the molecule is Cc1ccc(CN2CCC(n3cnc4c(C5=CCOCC5)nc(-c5cccc(O)c5)nc43)CC2)cc1. The van der Waals surface area contributed by atoms with E-state index in [-0.39, 0.29) is 5.75 Å². The van der Waals surface area contributed by atoms with E-state index in [1.165, 1.54) is 11.1 Å². The van der Waals surface area contributed by atoms with Crippen molar-refractivity contribution < 1.29 is 9.84 Å². The van der Waals surface area contributed by atoms with E-state index in [2.05, 4.69) is 46.7 Å². The predicted octanol–water partition coefficient (Wildman–Crippen LogP) is 5.15. The summed E-state index contributed by atoms with van der Waals surface area (Å²) in [6.07, 6.45) is 6.94. The third-order valence-electron chi connectivity index (χ3n) is 7.27. The molecule has 2 aliphatic rings. The van der Waals surface area contributed by atoms with Gasteiger partial charge < -0.3 is 14.4 Å². The van der Waals surface area contributed by atoms with Crippen LogP contribution in [0.4, 0.5) is 0 Å². The van der Waals surface area contributed by atoms with Gasteiger partial charge in [-0.15, -0.1) is 0 Å². The van der Waals surface area contributed by atoms with Crippen molar-refractivity contribution in [1.29, 1.82) is 0 Å². The Morgan fingerprint density at radius 3 is 2.64 bits per heavy atom. The molecule has 0 bridgehead atoms. The standard InChI is InChI=1S/C29H31N5O2/c1-20-5-7-21(8-6-20)18-33-13-9-24(10-14-33)34-19-30-27-26(22-11-15-36-16-12-22)31-28(32-29(27)34)23-3-2-4-25(35)17-23/h2-8,11,17,19,24,35H,9-10,12-16,18H2,1H3. The molecule has 184 valence electrons. The fourth-order valence-electron chi connectivity index (χ4n) is 5.23. The van der Waals surface area contributed by atoms with Crippen LogP contribution in [0.5, 0.6) is 5.75 Å². The maximum Gasteiger partial charge on any atom is 0.164 e. The number of hydrogen-bond donors (Lipinski definition) is 1. The Labute approximate surface area is 211 Å². The highest BCUT2D eigenvalue weighted by molar-refractivity contribution is 5.87. The fourth-order valence-corrected chi connectivity index (χ4v) is 5.23. The van der Waals surface area contributed by atoms with E-state index in [0.29, 0.717) is 25.1 Å². The van der Waals surface area contributed by atoms with Crippen molar-refractivity contribution >= 4 is 16.7 Å². The summed E-state index contributed by atoms with van der Waals surface area (Å²) in [5.74, 6) is 0.817. The number of benzene rings is 2. The summed E-state index contributed by atoms with van der Waals surface area (Å²) in [6.45, 7) is 6.46. The first-order chi connectivity index (χ1) is 17.6. The van der Waals surface area contributed by atoms with E-state index >= 15 is 0 Å². The summed E-state index contributed by atoms with van der Waals surface area (Å²) in [4.78, 5) is 17.3. The molecule has 2 aromatic heterocycles. The van der Waals surface area contributed by atoms with E-state index in [9.17, 15) is 5.11 Å². The number of piperidine rings is 1. The topological polar surface area (TPSA) is 76.3 Å². The lowest BCUT2D eigenvalue weighted by atomic mass is 10.0. The quantitative estimate of drug-likeness (QED) is 0.425. The van der Waals surface area contributed by atoms with Crippen molar-refractivity contribution in [2.75, 3.05) is 26.3 Å². The van der Waals surface area contributed by atoms with E-state index < -0.39 is 0 Å². The van der Waals surface area contributed by atoms with Crippen molar-refractivity contribution in [1.82, 2.24) is 24.4 Å². The molecule has 4 aromatic rings. The molecule has 0 atom stereocenters. The van der Waals surface area contributed by atoms with Crippen LogP contribution in [0.15, 0.2) is 60.9 Å². The molecule has 0 amide bonds. The van der Waals surface area contributed by atoms with Gasteiger partial charge in [-0.2, -0.15) is 0 Å². The van der Waals surface area contributed by atoms with Crippen molar-refractivity contribution in [2.45, 2.75) is 38.8 Å². The maximum atomic E-state index is 10.1. The van der Waals surface area contributed by atoms with Crippen molar-refractivity contribution in [2.24, 2.45) is 0 Å². The van der Waals surface area contributed by atoms with Gasteiger partial charge in [0.2, 0.25) is 0 Å². The van der Waals surface area contributed by atoms with Crippen LogP contribution in [0, 0.1) is 6.92 Å². The Hall–Kier alpha value is -3.55. The molecule has 0 spiro atoms. The van der Waals surface area contributed by atoms with E-state index in [4.69, 9.17) is 19.7 Å². The smallest absolute Gasteiger partial charge is 0.164 e. The molecular weight excluding hydrogens is 450 g/mol. The summed E-state index contributed by atoms with van der Waals surface area (Å²) in [5, 5.41) is 10.1. The minimum Gasteiger partial charge on any atom is -0.508 e. The number of fused-ring (bicyclic) bond motifs is 1. The van der Waals surface area contributed by atoms with Gasteiger partial charge in [0.1, 0.15) is 11.3 Å². The summed E-state index contributed by atoms with van der Waals surface area (Å²) in [6, 6.07) is 16.3. The first-order valence-corrected chi connectivity index (χ1v) is 12.7. The number of phenolic OH excluding ortho intramolecular Hbond substituents is 1. The molecule has 36 heavy (non-hydrogen) atoms. The van der Waals surface area contributed by atoms with Crippen molar-refractivity contribution in [3.05, 3.63) is 77.8 Å². The van der Waals surface area contributed by atoms with Crippen molar-refractivity contribution in [3.8, 4) is 17.1 Å². The van der Waals surface area contributed by atoms with Crippen LogP contribution < -0.4 is 0 Å². The van der Waals surface area contributed by atoms with E-state index in [1.807, 2.05) is 18.5 Å². The van der Waals surface area contributed by atoms with Gasteiger partial charge in [-0.3, -0.25) is 4.90 Å². The lowest BCUT2D eigenvalue weighted by Crippen LogP contribution is -2.34. The van der Waals surface area contributed by atoms with Gasteiger partial charge in [0.25, 0.3) is 0 Å². The van der Waals surface area contributed by atoms with Crippen LogP contribution in [0.1, 0.15) is 42.1 Å². The molecule has 4 heterocycles. The number of rotatable bonds is 5. The highest BCUT2D eigenvalue weighted by Crippen LogP contribution is 2.32. The summed E-state index contributed by atoms with van der Waals surface area (Å²) in [7, 11) is 0. The molecule has 0 unspecified atom stereocenters. The number of phenols is 1. The lowest BCUT2D eigenvalue weighted by molar-refractivity contribution is 0.161. The average molecular weight is 482 g/mol. The van der Waals surface area contributed by atoms with E-state index in [1.54, 1.807) is 12.1 Å². The van der Waals surface area contributed by atoms with Crippen LogP contribution >= 0.6 is 0 Å². The number of hydrogen-bond acceptors (Lipinski definition) is 6. The largest absolute Gasteiger partial charge is 0.508 e. The zero-order valence-electron chi connectivity index (χ0n) is 20.6. The fraction of sp³-hybridized carbons (Fsp3) is 0.345. The number of ether oxygens (including phenoxy) is 1. The molecule has 0 saturated carbocycles. The Morgan fingerprint density at radius 2 is 1.89 bits per heavy atom. The lowest BCUT2D eigenvalue weighted by Gasteiger charge is -2.32. The van der Waals surface area contributed by atoms with Gasteiger partial charge in [0, 0.05) is 31.2 Å². The molecular formula is C29H31N5O2. The monoisotopic (exact) mass is 481 g/mol. The zero-order valence-corrected chi connectivity index (χ0v) is 20.6. The highest BCUT2D eigenvalue weighted by Gasteiger charge is 2.25. The Bertz CT molecular complexity index is 1400. The Kier molecular flexibility index (Phi) is 6.25. The molecule has 7 nitrogen and oxygen atoms in total. The number of aryl methyl sites for hydroxylation is 1. The molecule has 1 saturated heterocycles. The van der Waals surface area contributed by atoms with Gasteiger partial charge in [-0.05, 0) is 49.5 Å². The Morgan fingerprint density at radius 1 is 1.06 bits per heavy atom. The number of nitrogens with zero attached hydrogens (tertiary/aromatic N) is 5. The highest BCUT2D eigenvalue weighted by atomic mass is 16.5. The predicted molar refractivity (Wildman–Crippen MR) is 141 cm³/mol. The van der Waals surface area contributed by atoms with Crippen LogP contribution in [-0.2, 0) is 11.3 Å². The first kappa shape index (κ1) is 22.9. The van der Waals surface area contributed by atoms with Gasteiger partial charge in [-0.1, -0.05) is 48.0 Å². The second-order valence-electron chi connectivity index (χ2n) is 9.82. The molecule has 2 aliphatic heterocycles. The average Bonchev–Trinajstić information content (AvgIpc) is 3.34. The van der Waals surface area contributed by atoms with Crippen LogP contribution in [0.25, 0.3) is 28.1 Å². The van der Waals surface area contributed by atoms with Crippen molar-refractivity contribution in [3.63, 3.8) is 0 Å². The minimum atomic E-state index is 0.206. The van der Waals surface area contributed by atoms with Gasteiger partial charge >= 0.3 is 0 Å². The van der Waals surface area contributed by atoms with Gasteiger partial charge in [-0.25, -0.2) is 15.0 Å². The Balaban J connectivity index is 1.31. The number of aromatic hydroxyl groups is 1. The summed E-state index contributed by atoms with van der Waals surface area (Å²) >= 11 is 0. The van der Waals surface area contributed by atoms with Crippen LogP contribution in [0.3, 0.4) is 0 Å². The molecule has 0 aliphatic carbocycles. The second kappa shape index (κ2) is 9.84. The molecule has 1 N–H and O–H groups in total. The summed E-state index contributed by atoms with van der Waals surface area (Å²) in [5.41, 5.74) is 7.19. The zero-order chi connectivity index (χ0) is 24.5. The second-order valence-corrected chi connectivity index (χ2v) is 9.82. The normalized spacial score (nSPS) is 17.4. The molecule has 7 heteroatoms. The molecule has 0 radical (unpaired) electrons. The third-order valence-corrected chi connectivity index (χ3v) is 7.27.